The number of carbonyl (C=O) groups is 1. The van der Waals surface area contributed by atoms with Crippen LogP contribution in [0.5, 0.6) is 0 Å². The fraction of sp³-hybridized carbons (Fsp3) is 0.750. The number of allylic oxidation sites excluding steroid dienone is 8. The maximum atomic E-state index is 12.3. The largest absolute Gasteiger partial charge is 0.394 e. The van der Waals surface area contributed by atoms with Crippen molar-refractivity contribution < 1.29 is 25.2 Å². The van der Waals surface area contributed by atoms with Crippen LogP contribution >= 0.6 is 0 Å². The summed E-state index contributed by atoms with van der Waals surface area (Å²) in [5.74, 6) is -0.619. The lowest BCUT2D eigenvalue weighted by atomic mass is 10.00. The number of amides is 1. The second-order valence-electron chi connectivity index (χ2n) is 11.5. The second-order valence-corrected chi connectivity index (χ2v) is 11.5. The molecular weight excluding hydrogens is 526 g/mol. The highest BCUT2D eigenvalue weighted by Crippen LogP contribution is 2.12. The van der Waals surface area contributed by atoms with Gasteiger partial charge in [0, 0.05) is 0 Å². The number of unbranched alkanes of at least 4 members (excludes halogenated alkanes) is 12. The van der Waals surface area contributed by atoms with Gasteiger partial charge in [0.05, 0.1) is 18.8 Å². The van der Waals surface area contributed by atoms with E-state index in [1.165, 1.54) is 44.9 Å². The van der Waals surface area contributed by atoms with Crippen LogP contribution in [0.15, 0.2) is 48.6 Å². The Morgan fingerprint density at radius 1 is 0.571 bits per heavy atom. The van der Waals surface area contributed by atoms with Crippen molar-refractivity contribution in [1.82, 2.24) is 5.32 Å². The molecule has 0 heterocycles. The Hall–Kier alpha value is -1.73. The fourth-order valence-corrected chi connectivity index (χ4v) is 4.65. The van der Waals surface area contributed by atoms with Crippen LogP contribution in [-0.4, -0.2) is 57.3 Å². The number of aliphatic hydroxyl groups is 4. The lowest BCUT2D eigenvalue weighted by Gasteiger charge is -2.27. The van der Waals surface area contributed by atoms with E-state index in [4.69, 9.17) is 0 Å². The fourth-order valence-electron chi connectivity index (χ4n) is 4.65. The minimum atomic E-state index is -1.30. The first-order chi connectivity index (χ1) is 20.5. The molecule has 42 heavy (non-hydrogen) atoms. The number of aliphatic hydroxyl groups excluding tert-OH is 4. The third-order valence-corrected chi connectivity index (χ3v) is 7.47. The van der Waals surface area contributed by atoms with Crippen molar-refractivity contribution >= 4 is 5.91 Å². The van der Waals surface area contributed by atoms with E-state index >= 15 is 0 Å². The molecule has 0 aromatic rings. The summed E-state index contributed by atoms with van der Waals surface area (Å²) in [6, 6.07) is -1.01. The zero-order valence-corrected chi connectivity index (χ0v) is 27.0. The van der Waals surface area contributed by atoms with Gasteiger partial charge in [-0.3, -0.25) is 4.79 Å². The topological polar surface area (TPSA) is 110 Å². The maximum absolute atomic E-state index is 12.3. The van der Waals surface area contributed by atoms with Crippen LogP contribution in [0.4, 0.5) is 0 Å². The van der Waals surface area contributed by atoms with E-state index in [1.807, 2.05) is 0 Å². The van der Waals surface area contributed by atoms with E-state index in [9.17, 15) is 25.2 Å². The molecule has 4 atom stereocenters. The first kappa shape index (κ1) is 40.3. The molecule has 0 saturated carbocycles. The van der Waals surface area contributed by atoms with Gasteiger partial charge >= 0.3 is 0 Å². The Kier molecular flexibility index (Phi) is 29.5. The number of carbonyl (C=O) groups excluding carboxylic acids is 1. The molecule has 1 amide bonds. The van der Waals surface area contributed by atoms with Crippen LogP contribution in [0.25, 0.3) is 0 Å². The lowest BCUT2D eigenvalue weighted by molar-refractivity contribution is -0.132. The van der Waals surface area contributed by atoms with Gasteiger partial charge in [0.2, 0.25) is 5.91 Å². The Bertz CT molecular complexity index is 718. The molecule has 6 heteroatoms. The average molecular weight is 592 g/mol. The van der Waals surface area contributed by atoms with Gasteiger partial charge in [0.15, 0.2) is 0 Å². The minimum absolute atomic E-state index is 0.334. The molecule has 0 radical (unpaired) electrons. The highest BCUT2D eigenvalue weighted by atomic mass is 16.3. The predicted octanol–water partition coefficient (Wildman–Crippen LogP) is 7.61. The highest BCUT2D eigenvalue weighted by molar-refractivity contribution is 5.80. The van der Waals surface area contributed by atoms with Crippen LogP contribution < -0.4 is 5.32 Å². The van der Waals surface area contributed by atoms with E-state index in [-0.39, 0.29) is 0 Å². The van der Waals surface area contributed by atoms with E-state index in [2.05, 4.69) is 67.8 Å². The molecule has 0 saturated heterocycles. The molecule has 0 bridgehead atoms. The molecule has 6 nitrogen and oxygen atoms in total. The van der Waals surface area contributed by atoms with Crippen LogP contribution in [0.1, 0.15) is 142 Å². The zero-order chi connectivity index (χ0) is 31.1. The quantitative estimate of drug-likeness (QED) is 0.0454. The predicted molar refractivity (Wildman–Crippen MR) is 177 cm³/mol. The van der Waals surface area contributed by atoms with Crippen LogP contribution in [0, 0.1) is 0 Å². The highest BCUT2D eigenvalue weighted by Gasteiger charge is 2.28. The van der Waals surface area contributed by atoms with Crippen molar-refractivity contribution in [3.8, 4) is 0 Å². The van der Waals surface area contributed by atoms with Crippen LogP contribution in [0.3, 0.4) is 0 Å². The van der Waals surface area contributed by atoms with E-state index < -0.39 is 36.9 Å². The van der Waals surface area contributed by atoms with E-state index in [0.29, 0.717) is 19.3 Å². The molecule has 5 N–H and O–H groups in total. The molecule has 4 unspecified atom stereocenters. The van der Waals surface area contributed by atoms with Gasteiger partial charge in [-0.2, -0.15) is 0 Å². The third kappa shape index (κ3) is 24.8. The van der Waals surface area contributed by atoms with Crippen molar-refractivity contribution in [3.05, 3.63) is 48.6 Å². The van der Waals surface area contributed by atoms with Crippen molar-refractivity contribution in [2.45, 2.75) is 167 Å². The maximum Gasteiger partial charge on any atom is 0.249 e. The summed E-state index contributed by atoms with van der Waals surface area (Å²) in [5.41, 5.74) is 0. The molecule has 0 fully saturated rings. The molecule has 0 aliphatic rings. The van der Waals surface area contributed by atoms with Gasteiger partial charge in [-0.15, -0.1) is 0 Å². The Balaban J connectivity index is 3.98. The summed E-state index contributed by atoms with van der Waals surface area (Å²) in [7, 11) is 0. The summed E-state index contributed by atoms with van der Waals surface area (Å²) in [6.45, 7) is 3.91. The second kappa shape index (κ2) is 30.7. The minimum Gasteiger partial charge on any atom is -0.394 e. The first-order valence-corrected chi connectivity index (χ1v) is 17.0. The first-order valence-electron chi connectivity index (χ1n) is 17.0. The van der Waals surface area contributed by atoms with Gasteiger partial charge < -0.3 is 25.7 Å². The molecule has 0 aliphatic heterocycles. The number of hydrogen-bond donors (Lipinski definition) is 5. The normalized spacial score (nSPS) is 15.3. The van der Waals surface area contributed by atoms with E-state index in [1.54, 1.807) is 0 Å². The summed E-state index contributed by atoms with van der Waals surface area (Å²) in [4.78, 5) is 12.3. The van der Waals surface area contributed by atoms with Crippen molar-refractivity contribution in [2.75, 3.05) is 6.61 Å². The molecule has 0 aromatic carbocycles. The van der Waals surface area contributed by atoms with E-state index in [0.717, 1.165) is 64.2 Å². The SMILES string of the molecule is CCCC/C=C\CCCCCC(O)C(=O)NC(CO)C(O)C(O)CCC/C=C/CC/C=C/CC/C=C/CCCCCC. The molecule has 0 spiro atoms. The van der Waals surface area contributed by atoms with Gasteiger partial charge in [0.1, 0.15) is 12.2 Å². The smallest absolute Gasteiger partial charge is 0.249 e. The van der Waals surface area contributed by atoms with Gasteiger partial charge in [-0.05, 0) is 83.5 Å². The third-order valence-electron chi connectivity index (χ3n) is 7.47. The summed E-state index contributed by atoms with van der Waals surface area (Å²) >= 11 is 0. The monoisotopic (exact) mass is 591 g/mol. The Labute approximate surface area is 258 Å². The number of hydrogen-bond acceptors (Lipinski definition) is 5. The summed E-state index contributed by atoms with van der Waals surface area (Å²) in [5, 5.41) is 43.2. The molecule has 244 valence electrons. The molecule has 0 aromatic heterocycles. The molecule has 0 aliphatic carbocycles. The lowest BCUT2D eigenvalue weighted by Crippen LogP contribution is -2.53. The number of nitrogens with one attached hydrogen (secondary N) is 1. The van der Waals surface area contributed by atoms with Gasteiger partial charge in [-0.25, -0.2) is 0 Å². The molecule has 0 rings (SSSR count). The van der Waals surface area contributed by atoms with Crippen LogP contribution in [0.2, 0.25) is 0 Å². The van der Waals surface area contributed by atoms with Crippen molar-refractivity contribution in [1.29, 1.82) is 0 Å². The standard InChI is InChI=1S/C36H65NO5/c1-3-5-7-9-11-13-14-15-16-17-18-19-20-22-23-25-27-29-33(39)35(41)32(31-38)37-36(42)34(40)30-28-26-24-21-12-10-8-6-4-2/h10,12-14,17-18,22-23,32-35,38-41H,3-9,11,15-16,19-21,24-31H2,1-2H3,(H,37,42)/b12-10-,14-13+,18-17+,23-22+. The molecular formula is C36H65NO5. The van der Waals surface area contributed by atoms with Crippen molar-refractivity contribution in [3.63, 3.8) is 0 Å². The van der Waals surface area contributed by atoms with Gasteiger partial charge in [-0.1, -0.05) is 107 Å². The van der Waals surface area contributed by atoms with Gasteiger partial charge in [0.25, 0.3) is 0 Å². The number of rotatable bonds is 29. The van der Waals surface area contributed by atoms with Crippen LogP contribution in [-0.2, 0) is 4.79 Å². The summed E-state index contributed by atoms with van der Waals surface area (Å²) in [6.07, 6.45) is 34.2. The Morgan fingerprint density at radius 3 is 1.52 bits per heavy atom. The average Bonchev–Trinajstić information content (AvgIpc) is 2.99. The van der Waals surface area contributed by atoms with Crippen molar-refractivity contribution in [2.24, 2.45) is 0 Å². The summed E-state index contributed by atoms with van der Waals surface area (Å²) < 4.78 is 0. The Morgan fingerprint density at radius 2 is 1.02 bits per heavy atom. The zero-order valence-electron chi connectivity index (χ0n) is 27.0.